The molecule has 3 N–H and O–H groups in total. The number of nitrogens with zero attached hydrogens (tertiary/aromatic N) is 1. The SMILES string of the molecule is CCC[C@@H](NC(=O)N(CCC)CCO)C(=O)O. The number of nitrogens with one attached hydrogen (secondary N) is 1. The van der Waals surface area contributed by atoms with Crippen molar-refractivity contribution in [3.63, 3.8) is 0 Å². The molecule has 0 aliphatic carbocycles. The average Bonchev–Trinajstić information content (AvgIpc) is 2.28. The van der Waals surface area contributed by atoms with Gasteiger partial charge in [-0.15, -0.1) is 0 Å². The first-order valence-corrected chi connectivity index (χ1v) is 5.95. The molecular formula is C11H22N2O4. The third kappa shape index (κ3) is 6.11. The number of carbonyl (C=O) groups excluding carboxylic acids is 1. The van der Waals surface area contributed by atoms with E-state index in [1.54, 1.807) is 0 Å². The minimum absolute atomic E-state index is 0.126. The molecule has 0 saturated heterocycles. The van der Waals surface area contributed by atoms with Gasteiger partial charge in [-0.05, 0) is 12.8 Å². The molecule has 0 rings (SSSR count). The Balaban J connectivity index is 4.38. The molecule has 1 atom stereocenters. The summed E-state index contributed by atoms with van der Waals surface area (Å²) < 4.78 is 0. The number of carboxylic acids is 1. The van der Waals surface area contributed by atoms with Crippen LogP contribution in [0.3, 0.4) is 0 Å². The molecular weight excluding hydrogens is 224 g/mol. The monoisotopic (exact) mass is 246 g/mol. The van der Waals surface area contributed by atoms with Gasteiger partial charge in [-0.3, -0.25) is 0 Å². The summed E-state index contributed by atoms with van der Waals surface area (Å²) in [5.74, 6) is -1.03. The molecule has 0 aromatic heterocycles. The largest absolute Gasteiger partial charge is 0.480 e. The second-order valence-corrected chi connectivity index (χ2v) is 3.84. The molecule has 6 nitrogen and oxygen atoms in total. The normalized spacial score (nSPS) is 11.9. The summed E-state index contributed by atoms with van der Waals surface area (Å²) >= 11 is 0. The fraction of sp³-hybridized carbons (Fsp3) is 0.818. The van der Waals surface area contributed by atoms with Gasteiger partial charge in [-0.1, -0.05) is 20.3 Å². The van der Waals surface area contributed by atoms with E-state index >= 15 is 0 Å². The number of hydrogen-bond acceptors (Lipinski definition) is 3. The lowest BCUT2D eigenvalue weighted by atomic mass is 10.2. The maximum absolute atomic E-state index is 11.8. The molecule has 0 saturated carbocycles. The Morgan fingerprint density at radius 1 is 1.24 bits per heavy atom. The van der Waals surface area contributed by atoms with E-state index in [0.717, 1.165) is 6.42 Å². The fourth-order valence-corrected chi connectivity index (χ4v) is 1.49. The van der Waals surface area contributed by atoms with E-state index in [1.807, 2.05) is 13.8 Å². The number of aliphatic hydroxyl groups excluding tert-OH is 1. The Morgan fingerprint density at radius 2 is 1.88 bits per heavy atom. The van der Waals surface area contributed by atoms with Crippen LogP contribution in [0.2, 0.25) is 0 Å². The van der Waals surface area contributed by atoms with E-state index in [-0.39, 0.29) is 13.2 Å². The lowest BCUT2D eigenvalue weighted by Crippen LogP contribution is -2.48. The zero-order valence-electron chi connectivity index (χ0n) is 10.5. The number of amides is 2. The summed E-state index contributed by atoms with van der Waals surface area (Å²) in [7, 11) is 0. The lowest BCUT2D eigenvalue weighted by molar-refractivity contribution is -0.139. The van der Waals surface area contributed by atoms with Crippen molar-refractivity contribution in [1.29, 1.82) is 0 Å². The number of urea groups is 1. The third-order valence-corrected chi connectivity index (χ3v) is 2.32. The Labute approximate surface area is 102 Å². The summed E-state index contributed by atoms with van der Waals surface area (Å²) in [5, 5.41) is 20.2. The molecule has 0 bridgehead atoms. The van der Waals surface area contributed by atoms with Gasteiger partial charge in [0.1, 0.15) is 6.04 Å². The van der Waals surface area contributed by atoms with Crippen molar-refractivity contribution < 1.29 is 19.8 Å². The number of rotatable bonds is 8. The summed E-state index contributed by atoms with van der Waals surface area (Å²) in [4.78, 5) is 24.1. The Morgan fingerprint density at radius 3 is 2.29 bits per heavy atom. The van der Waals surface area contributed by atoms with Crippen LogP contribution in [-0.2, 0) is 4.79 Å². The van der Waals surface area contributed by atoms with E-state index < -0.39 is 18.0 Å². The van der Waals surface area contributed by atoms with Gasteiger partial charge in [-0.25, -0.2) is 9.59 Å². The topological polar surface area (TPSA) is 89.9 Å². The molecule has 2 amide bonds. The van der Waals surface area contributed by atoms with Gasteiger partial charge in [0, 0.05) is 13.1 Å². The Bertz CT molecular complexity index is 240. The third-order valence-electron chi connectivity index (χ3n) is 2.32. The van der Waals surface area contributed by atoms with Crippen molar-refractivity contribution in [1.82, 2.24) is 10.2 Å². The predicted octanol–water partition coefficient (Wildman–Crippen LogP) is 0.654. The van der Waals surface area contributed by atoms with Crippen molar-refractivity contribution in [3.05, 3.63) is 0 Å². The number of carbonyl (C=O) groups is 2. The van der Waals surface area contributed by atoms with Gasteiger partial charge >= 0.3 is 12.0 Å². The number of carboxylic acid groups (broad SMARTS) is 1. The molecule has 0 unspecified atom stereocenters. The molecule has 100 valence electrons. The van der Waals surface area contributed by atoms with Crippen LogP contribution in [0.15, 0.2) is 0 Å². The van der Waals surface area contributed by atoms with Gasteiger partial charge in [0.05, 0.1) is 6.61 Å². The summed E-state index contributed by atoms with van der Waals surface area (Å²) in [5.41, 5.74) is 0. The molecule has 17 heavy (non-hydrogen) atoms. The smallest absolute Gasteiger partial charge is 0.326 e. The predicted molar refractivity (Wildman–Crippen MR) is 63.8 cm³/mol. The van der Waals surface area contributed by atoms with Crippen molar-refractivity contribution in [2.75, 3.05) is 19.7 Å². The van der Waals surface area contributed by atoms with Gasteiger partial charge in [0.2, 0.25) is 0 Å². The minimum atomic E-state index is -1.03. The van der Waals surface area contributed by atoms with Crippen molar-refractivity contribution in [2.24, 2.45) is 0 Å². The van der Waals surface area contributed by atoms with Crippen LogP contribution in [0.1, 0.15) is 33.1 Å². The van der Waals surface area contributed by atoms with E-state index in [4.69, 9.17) is 10.2 Å². The summed E-state index contributed by atoms with van der Waals surface area (Å²) in [6, 6.07) is -1.28. The minimum Gasteiger partial charge on any atom is -0.480 e. The van der Waals surface area contributed by atoms with Crippen LogP contribution >= 0.6 is 0 Å². The number of aliphatic hydroxyl groups is 1. The molecule has 0 fully saturated rings. The summed E-state index contributed by atoms with van der Waals surface area (Å²) in [6.07, 6.45) is 1.85. The van der Waals surface area contributed by atoms with Crippen LogP contribution in [-0.4, -0.2) is 52.9 Å². The molecule has 0 aliphatic heterocycles. The van der Waals surface area contributed by atoms with Gasteiger partial charge in [-0.2, -0.15) is 0 Å². The zero-order valence-corrected chi connectivity index (χ0v) is 10.5. The van der Waals surface area contributed by atoms with Crippen LogP contribution in [0.25, 0.3) is 0 Å². The molecule has 0 aromatic rings. The molecule has 0 aromatic carbocycles. The van der Waals surface area contributed by atoms with Gasteiger partial charge in [0.15, 0.2) is 0 Å². The van der Waals surface area contributed by atoms with Crippen LogP contribution < -0.4 is 5.32 Å². The highest BCUT2D eigenvalue weighted by atomic mass is 16.4. The quantitative estimate of drug-likeness (QED) is 0.586. The molecule has 0 spiro atoms. The van der Waals surface area contributed by atoms with E-state index in [1.165, 1.54) is 4.90 Å². The number of aliphatic carboxylic acids is 1. The van der Waals surface area contributed by atoms with E-state index in [9.17, 15) is 9.59 Å². The van der Waals surface area contributed by atoms with Crippen molar-refractivity contribution in [2.45, 2.75) is 39.2 Å². The standard InChI is InChI=1S/C11H22N2O4/c1-3-5-9(10(15)16)12-11(17)13(6-4-2)7-8-14/h9,14H,3-8H2,1-2H3,(H,12,17)(H,15,16)/t9-/m1/s1. The Kier molecular flexibility index (Phi) is 8.13. The van der Waals surface area contributed by atoms with E-state index in [2.05, 4.69) is 5.32 Å². The van der Waals surface area contributed by atoms with Crippen LogP contribution in [0.5, 0.6) is 0 Å². The second-order valence-electron chi connectivity index (χ2n) is 3.84. The maximum atomic E-state index is 11.8. The van der Waals surface area contributed by atoms with Crippen LogP contribution in [0, 0.1) is 0 Å². The highest BCUT2D eigenvalue weighted by molar-refractivity contribution is 5.82. The first-order chi connectivity index (χ1) is 8.06. The molecule has 0 heterocycles. The summed E-state index contributed by atoms with van der Waals surface area (Å²) in [6.45, 7) is 4.37. The van der Waals surface area contributed by atoms with Crippen LogP contribution in [0.4, 0.5) is 4.79 Å². The Hall–Kier alpha value is -1.30. The highest BCUT2D eigenvalue weighted by Gasteiger charge is 2.21. The van der Waals surface area contributed by atoms with Gasteiger partial charge < -0.3 is 20.4 Å². The molecule has 6 heteroatoms. The molecule has 0 aliphatic rings. The van der Waals surface area contributed by atoms with E-state index in [0.29, 0.717) is 19.4 Å². The highest BCUT2D eigenvalue weighted by Crippen LogP contribution is 2.00. The first-order valence-electron chi connectivity index (χ1n) is 5.95. The maximum Gasteiger partial charge on any atom is 0.326 e. The van der Waals surface area contributed by atoms with Crippen molar-refractivity contribution in [3.8, 4) is 0 Å². The van der Waals surface area contributed by atoms with Gasteiger partial charge in [0.25, 0.3) is 0 Å². The first kappa shape index (κ1) is 15.7. The lowest BCUT2D eigenvalue weighted by Gasteiger charge is -2.23. The molecule has 0 radical (unpaired) electrons. The average molecular weight is 246 g/mol. The fourth-order valence-electron chi connectivity index (χ4n) is 1.49. The number of hydrogen-bond donors (Lipinski definition) is 3. The zero-order chi connectivity index (χ0) is 13.3. The second kappa shape index (κ2) is 8.81. The van der Waals surface area contributed by atoms with Crippen molar-refractivity contribution >= 4 is 12.0 Å².